The molecule has 2 heterocycles. The SMILES string of the molecule is CN(C)C(=O)c1ccc(NC2CCS(=O)(=O)CC2)nn1. The van der Waals surface area contributed by atoms with Gasteiger partial charge in [-0.1, -0.05) is 0 Å². The first-order valence-corrected chi connectivity index (χ1v) is 8.22. The Kier molecular flexibility index (Phi) is 4.22. The Balaban J connectivity index is 1.96. The van der Waals surface area contributed by atoms with Gasteiger partial charge >= 0.3 is 0 Å². The van der Waals surface area contributed by atoms with Gasteiger partial charge in [-0.15, -0.1) is 10.2 Å². The van der Waals surface area contributed by atoms with E-state index in [0.29, 0.717) is 18.7 Å². The maximum Gasteiger partial charge on any atom is 0.273 e. The molecule has 1 N–H and O–H groups in total. The maximum atomic E-state index is 11.7. The Morgan fingerprint density at radius 3 is 2.40 bits per heavy atom. The molecule has 7 nitrogen and oxygen atoms in total. The highest BCUT2D eigenvalue weighted by Crippen LogP contribution is 2.16. The summed E-state index contributed by atoms with van der Waals surface area (Å²) in [4.78, 5) is 13.1. The van der Waals surface area contributed by atoms with Crippen LogP contribution in [0, 0.1) is 0 Å². The Bertz CT molecular complexity index is 569. The summed E-state index contributed by atoms with van der Waals surface area (Å²) in [6.07, 6.45) is 1.14. The van der Waals surface area contributed by atoms with Gasteiger partial charge in [0.2, 0.25) is 0 Å². The molecular formula is C12H18N4O3S. The highest BCUT2D eigenvalue weighted by molar-refractivity contribution is 7.91. The molecule has 0 aromatic carbocycles. The van der Waals surface area contributed by atoms with Crippen molar-refractivity contribution >= 4 is 21.6 Å². The van der Waals surface area contributed by atoms with E-state index in [1.807, 2.05) is 0 Å². The molecule has 0 spiro atoms. The van der Waals surface area contributed by atoms with Crippen molar-refractivity contribution in [1.82, 2.24) is 15.1 Å². The zero-order valence-electron chi connectivity index (χ0n) is 11.5. The highest BCUT2D eigenvalue weighted by atomic mass is 32.2. The van der Waals surface area contributed by atoms with Gasteiger partial charge in [0, 0.05) is 20.1 Å². The zero-order chi connectivity index (χ0) is 14.8. The Morgan fingerprint density at radius 2 is 1.90 bits per heavy atom. The van der Waals surface area contributed by atoms with Crippen molar-refractivity contribution in [2.24, 2.45) is 0 Å². The molecule has 0 radical (unpaired) electrons. The maximum absolute atomic E-state index is 11.7. The molecule has 8 heteroatoms. The molecule has 0 atom stereocenters. The lowest BCUT2D eigenvalue weighted by atomic mass is 10.1. The minimum atomic E-state index is -2.86. The van der Waals surface area contributed by atoms with Gasteiger partial charge < -0.3 is 10.2 Å². The van der Waals surface area contributed by atoms with E-state index in [4.69, 9.17) is 0 Å². The molecule has 1 amide bonds. The Morgan fingerprint density at radius 1 is 1.25 bits per heavy atom. The van der Waals surface area contributed by atoms with Crippen molar-refractivity contribution < 1.29 is 13.2 Å². The summed E-state index contributed by atoms with van der Waals surface area (Å²) in [6, 6.07) is 3.38. The second-order valence-corrected chi connectivity index (χ2v) is 7.38. The number of amides is 1. The number of hydrogen-bond acceptors (Lipinski definition) is 6. The van der Waals surface area contributed by atoms with E-state index in [-0.39, 0.29) is 29.1 Å². The van der Waals surface area contributed by atoms with Crippen molar-refractivity contribution in [2.75, 3.05) is 30.9 Å². The molecule has 0 aliphatic carbocycles. The molecular weight excluding hydrogens is 280 g/mol. The number of carbonyl (C=O) groups excluding carboxylic acids is 1. The van der Waals surface area contributed by atoms with E-state index in [1.165, 1.54) is 4.90 Å². The molecule has 0 unspecified atom stereocenters. The number of anilines is 1. The quantitative estimate of drug-likeness (QED) is 0.855. The van der Waals surface area contributed by atoms with Crippen molar-refractivity contribution in [3.05, 3.63) is 17.8 Å². The van der Waals surface area contributed by atoms with Crippen molar-refractivity contribution in [1.29, 1.82) is 0 Å². The summed E-state index contributed by atoms with van der Waals surface area (Å²) >= 11 is 0. The van der Waals surface area contributed by atoms with Crippen LogP contribution in [0.3, 0.4) is 0 Å². The van der Waals surface area contributed by atoms with Gasteiger partial charge in [-0.3, -0.25) is 4.79 Å². The van der Waals surface area contributed by atoms with Crippen LogP contribution in [0.25, 0.3) is 0 Å². The van der Waals surface area contributed by atoms with E-state index in [1.54, 1.807) is 26.2 Å². The van der Waals surface area contributed by atoms with Crippen LogP contribution in [0.2, 0.25) is 0 Å². The summed E-state index contributed by atoms with van der Waals surface area (Å²) < 4.78 is 22.7. The molecule has 20 heavy (non-hydrogen) atoms. The standard InChI is InChI=1S/C12H18N4O3S/c1-16(2)12(17)10-3-4-11(15-14-10)13-9-5-7-20(18,19)8-6-9/h3-4,9H,5-8H2,1-2H3,(H,13,15). The number of nitrogens with one attached hydrogen (secondary N) is 1. The summed E-state index contributed by atoms with van der Waals surface area (Å²) in [6.45, 7) is 0. The minimum absolute atomic E-state index is 0.0863. The summed E-state index contributed by atoms with van der Waals surface area (Å²) in [5.41, 5.74) is 0.284. The smallest absolute Gasteiger partial charge is 0.273 e. The number of hydrogen-bond donors (Lipinski definition) is 1. The van der Waals surface area contributed by atoms with Gasteiger partial charge in [-0.25, -0.2) is 8.42 Å². The fraction of sp³-hybridized carbons (Fsp3) is 0.583. The molecule has 2 rings (SSSR count). The summed E-state index contributed by atoms with van der Waals surface area (Å²) in [7, 11) is 0.441. The fourth-order valence-electron chi connectivity index (χ4n) is 2.00. The van der Waals surface area contributed by atoms with Crippen molar-refractivity contribution in [3.63, 3.8) is 0 Å². The Hall–Kier alpha value is -1.70. The van der Waals surface area contributed by atoms with Gasteiger partial charge in [-0.2, -0.15) is 0 Å². The van der Waals surface area contributed by atoms with Gasteiger partial charge in [0.05, 0.1) is 11.5 Å². The normalized spacial score (nSPS) is 18.5. The average molecular weight is 298 g/mol. The lowest BCUT2D eigenvalue weighted by Crippen LogP contribution is -2.32. The first-order chi connectivity index (χ1) is 9.37. The number of carbonyl (C=O) groups is 1. The monoisotopic (exact) mass is 298 g/mol. The molecule has 1 aromatic heterocycles. The van der Waals surface area contributed by atoms with E-state index in [0.717, 1.165) is 0 Å². The predicted octanol–water partition coefficient (Wildman–Crippen LogP) is 0.167. The third kappa shape index (κ3) is 3.66. The fourth-order valence-corrected chi connectivity index (χ4v) is 3.49. The second-order valence-electron chi connectivity index (χ2n) is 5.07. The number of nitrogens with zero attached hydrogens (tertiary/aromatic N) is 3. The van der Waals surface area contributed by atoms with Crippen LogP contribution in [0.1, 0.15) is 23.3 Å². The molecule has 1 aliphatic rings. The molecule has 1 fully saturated rings. The topological polar surface area (TPSA) is 92.3 Å². The molecule has 1 saturated heterocycles. The van der Waals surface area contributed by atoms with E-state index in [2.05, 4.69) is 15.5 Å². The molecule has 1 aliphatic heterocycles. The highest BCUT2D eigenvalue weighted by Gasteiger charge is 2.23. The van der Waals surface area contributed by atoms with Gasteiger partial charge in [0.25, 0.3) is 5.91 Å². The van der Waals surface area contributed by atoms with Gasteiger partial charge in [0.15, 0.2) is 5.69 Å². The Labute approximate surface area is 118 Å². The van der Waals surface area contributed by atoms with Crippen molar-refractivity contribution in [3.8, 4) is 0 Å². The molecule has 110 valence electrons. The summed E-state index contributed by atoms with van der Waals surface area (Å²) in [5.74, 6) is 0.766. The first-order valence-electron chi connectivity index (χ1n) is 6.40. The van der Waals surface area contributed by atoms with Crippen LogP contribution in [0.5, 0.6) is 0 Å². The van der Waals surface area contributed by atoms with Crippen LogP contribution in [0.15, 0.2) is 12.1 Å². The summed E-state index contributed by atoms with van der Waals surface area (Å²) in [5, 5.41) is 11.0. The predicted molar refractivity (Wildman–Crippen MR) is 75.3 cm³/mol. The van der Waals surface area contributed by atoms with Crippen LogP contribution in [-0.2, 0) is 9.84 Å². The number of rotatable bonds is 3. The van der Waals surface area contributed by atoms with Crippen LogP contribution in [0.4, 0.5) is 5.82 Å². The number of aromatic nitrogens is 2. The van der Waals surface area contributed by atoms with Crippen LogP contribution in [-0.4, -0.2) is 61.1 Å². The van der Waals surface area contributed by atoms with Crippen LogP contribution >= 0.6 is 0 Å². The van der Waals surface area contributed by atoms with E-state index < -0.39 is 9.84 Å². The zero-order valence-corrected chi connectivity index (χ0v) is 12.4. The van der Waals surface area contributed by atoms with Crippen molar-refractivity contribution in [2.45, 2.75) is 18.9 Å². The molecule has 0 bridgehead atoms. The third-order valence-corrected chi connectivity index (χ3v) is 4.91. The first kappa shape index (κ1) is 14.7. The van der Waals surface area contributed by atoms with E-state index >= 15 is 0 Å². The molecule has 0 saturated carbocycles. The number of sulfone groups is 1. The lowest BCUT2D eigenvalue weighted by Gasteiger charge is -2.23. The lowest BCUT2D eigenvalue weighted by molar-refractivity contribution is 0.0821. The average Bonchev–Trinajstić information content (AvgIpc) is 2.41. The van der Waals surface area contributed by atoms with E-state index in [9.17, 15) is 13.2 Å². The van der Waals surface area contributed by atoms with Crippen LogP contribution < -0.4 is 5.32 Å². The molecule has 1 aromatic rings. The van der Waals surface area contributed by atoms with Gasteiger partial charge in [0.1, 0.15) is 15.7 Å². The third-order valence-electron chi connectivity index (χ3n) is 3.20. The largest absolute Gasteiger partial charge is 0.366 e. The van der Waals surface area contributed by atoms with Gasteiger partial charge in [-0.05, 0) is 25.0 Å². The minimum Gasteiger partial charge on any atom is -0.366 e. The second kappa shape index (κ2) is 5.74.